The lowest BCUT2D eigenvalue weighted by Gasteiger charge is -2.32. The van der Waals surface area contributed by atoms with Crippen LogP contribution in [0.15, 0.2) is 0 Å². The van der Waals surface area contributed by atoms with Crippen LogP contribution in [0.2, 0.25) is 0 Å². The molecule has 0 amide bonds. The molecule has 0 saturated heterocycles. The predicted octanol–water partition coefficient (Wildman–Crippen LogP) is 1.24. The third-order valence-corrected chi connectivity index (χ3v) is 4.15. The van der Waals surface area contributed by atoms with E-state index in [1.165, 1.54) is 0 Å². The molecule has 0 aromatic heterocycles. The summed E-state index contributed by atoms with van der Waals surface area (Å²) in [6.07, 6.45) is 3.39. The molecule has 1 rings (SSSR count). The molecule has 0 radical (unpaired) electrons. The lowest BCUT2D eigenvalue weighted by molar-refractivity contribution is 0.246. The van der Waals surface area contributed by atoms with Gasteiger partial charge in [0.2, 0.25) is 10.0 Å². The van der Waals surface area contributed by atoms with Crippen LogP contribution in [0.4, 0.5) is 0 Å². The van der Waals surface area contributed by atoms with Crippen LogP contribution in [0.25, 0.3) is 0 Å². The van der Waals surface area contributed by atoms with E-state index in [4.69, 9.17) is 5.14 Å². The molecule has 0 aromatic rings. The van der Waals surface area contributed by atoms with Crippen molar-refractivity contribution in [3.05, 3.63) is 0 Å². The summed E-state index contributed by atoms with van der Waals surface area (Å²) in [5.74, 6) is 0. The van der Waals surface area contributed by atoms with Gasteiger partial charge in [-0.15, -0.1) is 0 Å². The van der Waals surface area contributed by atoms with Crippen molar-refractivity contribution in [2.75, 3.05) is 0 Å². The Morgan fingerprint density at radius 3 is 2.00 bits per heavy atom. The Labute approximate surface area is 74.4 Å². The van der Waals surface area contributed by atoms with Gasteiger partial charge in [0, 0.05) is 0 Å². The second kappa shape index (κ2) is 3.00. The standard InChI is InChI=1S/C8H17NO2S/c1-8(2)5-3-7(4-6-8)12(9,10)11/h7H,3-6H2,1-2H3,(H2,9,10,11). The van der Waals surface area contributed by atoms with E-state index < -0.39 is 10.0 Å². The van der Waals surface area contributed by atoms with Gasteiger partial charge >= 0.3 is 0 Å². The van der Waals surface area contributed by atoms with E-state index in [2.05, 4.69) is 13.8 Å². The minimum atomic E-state index is -3.28. The number of sulfonamides is 1. The Balaban J connectivity index is 2.59. The predicted molar refractivity (Wildman–Crippen MR) is 49.1 cm³/mol. The van der Waals surface area contributed by atoms with Crippen LogP contribution >= 0.6 is 0 Å². The molecule has 0 bridgehead atoms. The first-order chi connectivity index (χ1) is 5.31. The molecule has 0 heterocycles. The minimum absolute atomic E-state index is 0.287. The van der Waals surface area contributed by atoms with Crippen molar-refractivity contribution in [3.8, 4) is 0 Å². The quantitative estimate of drug-likeness (QED) is 0.678. The van der Waals surface area contributed by atoms with E-state index in [0.717, 1.165) is 25.7 Å². The zero-order valence-corrected chi connectivity index (χ0v) is 8.52. The summed E-state index contributed by atoms with van der Waals surface area (Å²) in [7, 11) is -3.28. The third kappa shape index (κ3) is 2.45. The molecular formula is C8H17NO2S. The summed E-state index contributed by atoms with van der Waals surface area (Å²) < 4.78 is 22.0. The summed E-state index contributed by atoms with van der Waals surface area (Å²) in [6, 6.07) is 0. The van der Waals surface area contributed by atoms with E-state index in [1.807, 2.05) is 0 Å². The molecule has 0 aliphatic heterocycles. The van der Waals surface area contributed by atoms with Crippen molar-refractivity contribution in [2.24, 2.45) is 10.6 Å². The summed E-state index contributed by atoms with van der Waals surface area (Å²) >= 11 is 0. The summed E-state index contributed by atoms with van der Waals surface area (Å²) in [5, 5.41) is 4.78. The van der Waals surface area contributed by atoms with Gasteiger partial charge in [0.15, 0.2) is 0 Å². The maximum atomic E-state index is 11.0. The molecule has 2 N–H and O–H groups in total. The molecule has 1 saturated carbocycles. The Kier molecular flexibility index (Phi) is 2.50. The van der Waals surface area contributed by atoms with Crippen molar-refractivity contribution in [1.82, 2.24) is 0 Å². The van der Waals surface area contributed by atoms with Gasteiger partial charge in [0.1, 0.15) is 0 Å². The maximum absolute atomic E-state index is 11.0. The van der Waals surface area contributed by atoms with Crippen molar-refractivity contribution >= 4 is 10.0 Å². The fourth-order valence-corrected chi connectivity index (χ4v) is 2.59. The Bertz CT molecular complexity index is 246. The molecule has 0 aromatic carbocycles. The first-order valence-electron chi connectivity index (χ1n) is 4.33. The first-order valence-corrected chi connectivity index (χ1v) is 5.94. The van der Waals surface area contributed by atoms with E-state index in [0.29, 0.717) is 5.41 Å². The highest BCUT2D eigenvalue weighted by atomic mass is 32.2. The first kappa shape index (κ1) is 9.99. The van der Waals surface area contributed by atoms with Crippen LogP contribution < -0.4 is 5.14 Å². The van der Waals surface area contributed by atoms with Gasteiger partial charge in [-0.25, -0.2) is 13.6 Å². The number of nitrogens with two attached hydrogens (primary N) is 1. The summed E-state index contributed by atoms with van der Waals surface area (Å²) in [4.78, 5) is 0. The number of hydrogen-bond acceptors (Lipinski definition) is 2. The van der Waals surface area contributed by atoms with Crippen molar-refractivity contribution < 1.29 is 8.42 Å². The second-order valence-electron chi connectivity index (χ2n) is 4.45. The summed E-state index contributed by atoms with van der Waals surface area (Å²) in [6.45, 7) is 4.35. The molecule has 0 unspecified atom stereocenters. The molecule has 0 spiro atoms. The topological polar surface area (TPSA) is 60.2 Å². The van der Waals surface area contributed by atoms with E-state index >= 15 is 0 Å². The van der Waals surface area contributed by atoms with Crippen LogP contribution in [-0.2, 0) is 10.0 Å². The Hall–Kier alpha value is -0.0900. The number of rotatable bonds is 1. The zero-order chi connectivity index (χ0) is 9.41. The molecule has 0 atom stereocenters. The largest absolute Gasteiger partial charge is 0.228 e. The highest BCUT2D eigenvalue weighted by molar-refractivity contribution is 7.89. The van der Waals surface area contributed by atoms with Gasteiger partial charge in [-0.2, -0.15) is 0 Å². The van der Waals surface area contributed by atoms with Crippen molar-refractivity contribution in [1.29, 1.82) is 0 Å². The van der Waals surface area contributed by atoms with Gasteiger partial charge in [-0.1, -0.05) is 13.8 Å². The fraction of sp³-hybridized carbons (Fsp3) is 1.00. The smallest absolute Gasteiger partial charge is 0.211 e. The van der Waals surface area contributed by atoms with Gasteiger partial charge in [0.05, 0.1) is 5.25 Å². The normalized spacial score (nSPS) is 25.6. The van der Waals surface area contributed by atoms with Crippen LogP contribution in [0.1, 0.15) is 39.5 Å². The fourth-order valence-electron chi connectivity index (χ4n) is 1.70. The van der Waals surface area contributed by atoms with E-state index in [-0.39, 0.29) is 5.25 Å². The lowest BCUT2D eigenvalue weighted by Crippen LogP contribution is -2.34. The number of hydrogen-bond donors (Lipinski definition) is 1. The average Bonchev–Trinajstić information content (AvgIpc) is 1.83. The SMILES string of the molecule is CC1(C)CCC(S(N)(=O)=O)CC1. The summed E-state index contributed by atoms with van der Waals surface area (Å²) in [5.41, 5.74) is 0.307. The Morgan fingerprint density at radius 2 is 1.67 bits per heavy atom. The van der Waals surface area contributed by atoms with Crippen molar-refractivity contribution in [3.63, 3.8) is 0 Å². The lowest BCUT2D eigenvalue weighted by atomic mass is 9.77. The minimum Gasteiger partial charge on any atom is -0.228 e. The van der Waals surface area contributed by atoms with Crippen LogP contribution in [0, 0.1) is 5.41 Å². The average molecular weight is 191 g/mol. The zero-order valence-electron chi connectivity index (χ0n) is 7.71. The van der Waals surface area contributed by atoms with E-state index in [1.54, 1.807) is 0 Å². The molecule has 12 heavy (non-hydrogen) atoms. The molecule has 1 fully saturated rings. The Morgan fingerprint density at radius 1 is 1.25 bits per heavy atom. The molecule has 72 valence electrons. The third-order valence-electron chi connectivity index (χ3n) is 2.75. The van der Waals surface area contributed by atoms with Gasteiger partial charge < -0.3 is 0 Å². The van der Waals surface area contributed by atoms with E-state index in [9.17, 15) is 8.42 Å². The van der Waals surface area contributed by atoms with Crippen molar-refractivity contribution in [2.45, 2.75) is 44.8 Å². The monoisotopic (exact) mass is 191 g/mol. The number of primary sulfonamides is 1. The van der Waals surface area contributed by atoms with Gasteiger partial charge in [0.25, 0.3) is 0 Å². The highest BCUT2D eigenvalue weighted by Gasteiger charge is 2.31. The molecule has 4 heteroatoms. The van der Waals surface area contributed by atoms with Crippen LogP contribution in [-0.4, -0.2) is 13.7 Å². The molecular weight excluding hydrogens is 174 g/mol. The van der Waals surface area contributed by atoms with Crippen LogP contribution in [0.5, 0.6) is 0 Å². The molecule has 1 aliphatic carbocycles. The highest BCUT2D eigenvalue weighted by Crippen LogP contribution is 2.36. The molecule has 3 nitrogen and oxygen atoms in total. The van der Waals surface area contributed by atoms with Crippen LogP contribution in [0.3, 0.4) is 0 Å². The van der Waals surface area contributed by atoms with Gasteiger partial charge in [-0.3, -0.25) is 0 Å². The second-order valence-corrected chi connectivity index (χ2v) is 6.30. The van der Waals surface area contributed by atoms with Gasteiger partial charge in [-0.05, 0) is 31.1 Å². The molecule has 1 aliphatic rings. The maximum Gasteiger partial charge on any atom is 0.211 e.